The summed E-state index contributed by atoms with van der Waals surface area (Å²) >= 11 is 0. The molecule has 5 heteroatoms. The Balaban J connectivity index is 2.17. The minimum atomic E-state index is -4.05. The molecule has 4 nitrogen and oxygen atoms in total. The zero-order valence-electron chi connectivity index (χ0n) is 15.5. The quantitative estimate of drug-likeness (QED) is 0.663. The van der Waals surface area contributed by atoms with E-state index in [0.717, 1.165) is 21.0 Å². The van der Waals surface area contributed by atoms with Crippen LogP contribution in [-0.4, -0.2) is 14.3 Å². The Labute approximate surface area is 160 Å². The van der Waals surface area contributed by atoms with Crippen molar-refractivity contribution in [1.82, 2.24) is 0 Å². The van der Waals surface area contributed by atoms with Crippen LogP contribution < -0.4 is 4.31 Å². The Hall–Kier alpha value is -2.92. The van der Waals surface area contributed by atoms with Gasteiger partial charge in [-0.15, -0.1) is 0 Å². The van der Waals surface area contributed by atoms with E-state index in [9.17, 15) is 13.2 Å². The molecule has 138 valence electrons. The second-order valence-electron chi connectivity index (χ2n) is 6.52. The van der Waals surface area contributed by atoms with Crippen LogP contribution in [0, 0.1) is 20.8 Å². The van der Waals surface area contributed by atoms with Crippen LogP contribution >= 0.6 is 0 Å². The monoisotopic (exact) mass is 379 g/mol. The highest BCUT2D eigenvalue weighted by Crippen LogP contribution is 2.27. The number of benzene rings is 3. The van der Waals surface area contributed by atoms with E-state index in [0.29, 0.717) is 11.3 Å². The van der Waals surface area contributed by atoms with E-state index in [-0.39, 0.29) is 4.90 Å². The number of rotatable bonds is 4. The van der Waals surface area contributed by atoms with Crippen molar-refractivity contribution in [2.45, 2.75) is 25.7 Å². The number of hydrogen-bond acceptors (Lipinski definition) is 3. The third kappa shape index (κ3) is 3.78. The topological polar surface area (TPSA) is 54.5 Å². The smallest absolute Gasteiger partial charge is 0.268 e. The maximum Gasteiger partial charge on any atom is 0.272 e. The van der Waals surface area contributed by atoms with Crippen molar-refractivity contribution >= 4 is 21.6 Å². The van der Waals surface area contributed by atoms with Crippen LogP contribution in [-0.2, 0) is 10.0 Å². The summed E-state index contributed by atoms with van der Waals surface area (Å²) in [6.45, 7) is 5.75. The predicted octanol–water partition coefficient (Wildman–Crippen LogP) is 4.65. The highest BCUT2D eigenvalue weighted by Gasteiger charge is 2.31. The first-order valence-electron chi connectivity index (χ1n) is 8.59. The highest BCUT2D eigenvalue weighted by atomic mass is 32.2. The average molecular weight is 379 g/mol. The Kier molecular flexibility index (Phi) is 5.15. The van der Waals surface area contributed by atoms with Gasteiger partial charge in [-0.25, -0.2) is 8.42 Å². The van der Waals surface area contributed by atoms with Crippen molar-refractivity contribution in [3.05, 3.63) is 95.1 Å². The maximum atomic E-state index is 13.3. The molecule has 0 aliphatic heterocycles. The van der Waals surface area contributed by atoms with Crippen molar-refractivity contribution in [2.75, 3.05) is 4.31 Å². The van der Waals surface area contributed by atoms with E-state index in [4.69, 9.17) is 0 Å². The number of amides is 1. The molecule has 0 heterocycles. The third-order valence-corrected chi connectivity index (χ3v) is 6.21. The Morgan fingerprint density at radius 3 is 2.00 bits per heavy atom. The lowest BCUT2D eigenvalue weighted by Crippen LogP contribution is -2.37. The zero-order chi connectivity index (χ0) is 19.6. The summed E-state index contributed by atoms with van der Waals surface area (Å²) in [5.74, 6) is -0.578. The molecular formula is C22H21NO3S. The van der Waals surface area contributed by atoms with Gasteiger partial charge in [0.1, 0.15) is 0 Å². The standard InChI is InChI=1S/C22H21NO3S/c1-16-9-13-20(14-10-16)23(27(25,26)21-7-5-4-6-8-21)22(24)19-12-11-17(2)18(3)15-19/h4-15H,1-3H3. The lowest BCUT2D eigenvalue weighted by atomic mass is 10.1. The lowest BCUT2D eigenvalue weighted by Gasteiger charge is -2.23. The van der Waals surface area contributed by atoms with Crippen LogP contribution in [0.5, 0.6) is 0 Å². The van der Waals surface area contributed by atoms with Crippen LogP contribution in [0.1, 0.15) is 27.0 Å². The van der Waals surface area contributed by atoms with Crippen molar-refractivity contribution in [2.24, 2.45) is 0 Å². The van der Waals surface area contributed by atoms with Gasteiger partial charge in [0, 0.05) is 5.56 Å². The minimum Gasteiger partial charge on any atom is -0.268 e. The van der Waals surface area contributed by atoms with Gasteiger partial charge < -0.3 is 0 Å². The third-order valence-electron chi connectivity index (χ3n) is 4.49. The van der Waals surface area contributed by atoms with Crippen LogP contribution in [0.4, 0.5) is 5.69 Å². The van der Waals surface area contributed by atoms with Gasteiger partial charge in [0.25, 0.3) is 15.9 Å². The number of carbonyl (C=O) groups excluding carboxylic acids is 1. The number of nitrogens with zero attached hydrogens (tertiary/aromatic N) is 1. The van der Waals surface area contributed by atoms with E-state index in [1.54, 1.807) is 54.6 Å². The SMILES string of the molecule is Cc1ccc(N(C(=O)c2ccc(C)c(C)c2)S(=O)(=O)c2ccccc2)cc1. The Bertz CT molecular complexity index is 1070. The van der Waals surface area contributed by atoms with Gasteiger partial charge in [-0.3, -0.25) is 4.79 Å². The molecule has 0 aromatic heterocycles. The second-order valence-corrected chi connectivity index (χ2v) is 8.31. The van der Waals surface area contributed by atoms with E-state index in [1.807, 2.05) is 26.8 Å². The molecule has 0 saturated heterocycles. The molecule has 27 heavy (non-hydrogen) atoms. The normalized spacial score (nSPS) is 11.2. The molecule has 3 aromatic carbocycles. The number of sulfonamides is 1. The van der Waals surface area contributed by atoms with E-state index in [1.165, 1.54) is 12.1 Å². The molecule has 0 aliphatic rings. The summed E-state index contributed by atoms with van der Waals surface area (Å²) in [7, 11) is -4.05. The van der Waals surface area contributed by atoms with E-state index in [2.05, 4.69) is 0 Å². The summed E-state index contributed by atoms with van der Waals surface area (Å²) in [5, 5.41) is 0. The van der Waals surface area contributed by atoms with Crippen molar-refractivity contribution in [3.8, 4) is 0 Å². The number of carbonyl (C=O) groups is 1. The molecule has 0 unspecified atom stereocenters. The zero-order valence-corrected chi connectivity index (χ0v) is 16.3. The van der Waals surface area contributed by atoms with Gasteiger partial charge in [-0.2, -0.15) is 4.31 Å². The van der Waals surface area contributed by atoms with Gasteiger partial charge in [0.05, 0.1) is 10.6 Å². The maximum absolute atomic E-state index is 13.3. The highest BCUT2D eigenvalue weighted by molar-refractivity contribution is 7.93. The molecule has 0 fully saturated rings. The van der Waals surface area contributed by atoms with Gasteiger partial charge in [0.15, 0.2) is 0 Å². The van der Waals surface area contributed by atoms with Gasteiger partial charge in [0.2, 0.25) is 0 Å². The summed E-state index contributed by atoms with van der Waals surface area (Å²) in [5.41, 5.74) is 3.60. The summed E-state index contributed by atoms with van der Waals surface area (Å²) in [4.78, 5) is 13.3. The number of hydrogen-bond donors (Lipinski definition) is 0. The minimum absolute atomic E-state index is 0.0720. The lowest BCUT2D eigenvalue weighted by molar-refractivity contribution is 0.101. The number of aryl methyl sites for hydroxylation is 3. The van der Waals surface area contributed by atoms with Crippen LogP contribution in [0.3, 0.4) is 0 Å². The van der Waals surface area contributed by atoms with Crippen LogP contribution in [0.25, 0.3) is 0 Å². The van der Waals surface area contributed by atoms with Crippen molar-refractivity contribution in [1.29, 1.82) is 0 Å². The summed E-state index contributed by atoms with van der Waals surface area (Å²) < 4.78 is 27.5. The first-order valence-corrected chi connectivity index (χ1v) is 10.0. The largest absolute Gasteiger partial charge is 0.272 e. The Morgan fingerprint density at radius 1 is 0.778 bits per heavy atom. The number of anilines is 1. The van der Waals surface area contributed by atoms with Crippen LogP contribution in [0.2, 0.25) is 0 Å². The molecule has 0 bridgehead atoms. The molecule has 1 amide bonds. The molecular weight excluding hydrogens is 358 g/mol. The molecule has 3 rings (SSSR count). The molecule has 0 spiro atoms. The second kappa shape index (κ2) is 7.37. The van der Waals surface area contributed by atoms with E-state index < -0.39 is 15.9 Å². The molecule has 3 aromatic rings. The first-order chi connectivity index (χ1) is 12.8. The summed E-state index contributed by atoms with van der Waals surface area (Å²) in [6.07, 6.45) is 0. The van der Waals surface area contributed by atoms with Gasteiger partial charge in [-0.1, -0.05) is 42.0 Å². The van der Waals surface area contributed by atoms with Crippen molar-refractivity contribution < 1.29 is 13.2 Å². The van der Waals surface area contributed by atoms with E-state index >= 15 is 0 Å². The Morgan fingerprint density at radius 2 is 1.41 bits per heavy atom. The van der Waals surface area contributed by atoms with Crippen LogP contribution in [0.15, 0.2) is 77.7 Å². The molecule has 0 atom stereocenters. The molecule has 0 N–H and O–H groups in total. The van der Waals surface area contributed by atoms with Gasteiger partial charge in [-0.05, 0) is 68.3 Å². The van der Waals surface area contributed by atoms with Gasteiger partial charge >= 0.3 is 0 Å². The van der Waals surface area contributed by atoms with Crippen molar-refractivity contribution in [3.63, 3.8) is 0 Å². The predicted molar refractivity (Wildman–Crippen MR) is 108 cm³/mol. The fourth-order valence-electron chi connectivity index (χ4n) is 2.73. The first kappa shape index (κ1) is 18.9. The molecule has 0 saturated carbocycles. The molecule has 0 aliphatic carbocycles. The molecule has 0 radical (unpaired) electrons. The summed E-state index contributed by atoms with van der Waals surface area (Å²) in [6, 6.07) is 20.1. The average Bonchev–Trinajstić information content (AvgIpc) is 2.66. The fraction of sp³-hybridized carbons (Fsp3) is 0.136. The fourth-order valence-corrected chi connectivity index (χ4v) is 4.17.